The van der Waals surface area contributed by atoms with Gasteiger partial charge in [0, 0.05) is 40.8 Å². The molecule has 0 nitrogen and oxygen atoms in total. The Morgan fingerprint density at radius 1 is 0.800 bits per heavy atom. The Labute approximate surface area is 215 Å². The number of hydrogen-bond donors (Lipinski definition) is 0. The van der Waals surface area contributed by atoms with E-state index in [0.717, 1.165) is 19.5 Å². The number of allylic oxidation sites excluding steroid dienone is 3. The molecule has 0 N–H and O–H groups in total. The molecular weight excluding hydrogens is 543 g/mol. The van der Waals surface area contributed by atoms with Gasteiger partial charge in [0.25, 0.3) is 0 Å². The van der Waals surface area contributed by atoms with Crippen molar-refractivity contribution in [3.63, 3.8) is 0 Å². The zero-order valence-electron chi connectivity index (χ0n) is 19.1. The monoisotopic (exact) mass is 562 g/mol. The van der Waals surface area contributed by atoms with E-state index in [9.17, 15) is 8.78 Å². The van der Waals surface area contributed by atoms with Gasteiger partial charge in [0.2, 0.25) is 0 Å². The highest BCUT2D eigenvalue weighted by Gasteiger charge is 2.84. The fraction of sp³-hybridized carbons (Fsp3) is 0.440. The van der Waals surface area contributed by atoms with Gasteiger partial charge in [0.1, 0.15) is 0 Å². The summed E-state index contributed by atoms with van der Waals surface area (Å²) < 4.78 is 88.8. The molecule has 2 aliphatic carbocycles. The van der Waals surface area contributed by atoms with Gasteiger partial charge in [-0.15, -0.1) is 46.2 Å². The highest BCUT2D eigenvalue weighted by Crippen LogP contribution is 2.76. The van der Waals surface area contributed by atoms with Crippen molar-refractivity contribution in [3.05, 3.63) is 72.1 Å². The van der Waals surface area contributed by atoms with Gasteiger partial charge >= 0.3 is 17.8 Å². The van der Waals surface area contributed by atoms with E-state index in [1.165, 1.54) is 52.3 Å². The molecule has 0 spiro atoms. The molecule has 1 saturated carbocycles. The molecule has 4 heterocycles. The minimum Gasteiger partial charge on any atom is -0.194 e. The van der Waals surface area contributed by atoms with E-state index in [4.69, 9.17) is 0 Å². The summed E-state index contributed by atoms with van der Waals surface area (Å²) in [7, 11) is 0. The molecule has 0 radical (unpaired) electrons. The first-order valence-electron chi connectivity index (χ1n) is 11.0. The van der Waals surface area contributed by atoms with Crippen molar-refractivity contribution in [2.75, 3.05) is 0 Å². The maximum atomic E-state index is 15.3. The minimum atomic E-state index is -5.50. The lowest BCUT2D eigenvalue weighted by Crippen LogP contribution is -2.48. The molecule has 1 saturated heterocycles. The third-order valence-electron chi connectivity index (χ3n) is 7.66. The largest absolute Gasteiger partial charge is 0.380 e. The Hall–Kier alpha value is -1.10. The number of thioether (sulfide) groups is 2. The van der Waals surface area contributed by atoms with Crippen LogP contribution in [0.4, 0.5) is 26.3 Å². The molecule has 10 heteroatoms. The average molecular weight is 563 g/mol. The molecular formula is C25H20F6S4. The van der Waals surface area contributed by atoms with Gasteiger partial charge in [0.05, 0.1) is 9.49 Å². The van der Waals surface area contributed by atoms with Crippen LogP contribution < -0.4 is 0 Å². The van der Waals surface area contributed by atoms with Crippen LogP contribution in [0.5, 0.6) is 0 Å². The molecule has 186 valence electrons. The van der Waals surface area contributed by atoms with Gasteiger partial charge in [-0.2, -0.15) is 26.3 Å². The lowest BCUT2D eigenvalue weighted by atomic mass is 9.70. The van der Waals surface area contributed by atoms with E-state index >= 15 is 17.6 Å². The smallest absolute Gasteiger partial charge is 0.194 e. The molecule has 3 unspecified atom stereocenters. The summed E-state index contributed by atoms with van der Waals surface area (Å²) in [5, 5.41) is -0.272. The summed E-state index contributed by atoms with van der Waals surface area (Å²) >= 11 is 5.75. The van der Waals surface area contributed by atoms with Crippen LogP contribution in [0.25, 0.3) is 4.91 Å². The number of alkyl halides is 6. The predicted molar refractivity (Wildman–Crippen MR) is 134 cm³/mol. The number of halogens is 6. The molecule has 0 aromatic carbocycles. The number of rotatable bonds is 2. The van der Waals surface area contributed by atoms with Gasteiger partial charge in [-0.1, -0.05) is 0 Å². The Morgan fingerprint density at radius 3 is 2.03 bits per heavy atom. The summed E-state index contributed by atoms with van der Waals surface area (Å²) in [6, 6.07) is 7.59. The fourth-order valence-corrected chi connectivity index (χ4v) is 11.2. The number of fused-ring (bicyclic) bond motifs is 4. The van der Waals surface area contributed by atoms with Crippen LogP contribution >= 0.6 is 46.2 Å². The number of aryl methyl sites for hydroxylation is 2. The van der Waals surface area contributed by atoms with Crippen molar-refractivity contribution in [1.29, 1.82) is 0 Å². The van der Waals surface area contributed by atoms with Gasteiger partial charge in [-0.3, -0.25) is 0 Å². The van der Waals surface area contributed by atoms with Gasteiger partial charge in [-0.25, -0.2) is 0 Å². The second-order valence-electron chi connectivity index (χ2n) is 9.71. The van der Waals surface area contributed by atoms with Crippen molar-refractivity contribution < 1.29 is 26.3 Å². The molecule has 0 bridgehead atoms. The predicted octanol–water partition coefficient (Wildman–Crippen LogP) is 9.44. The lowest BCUT2D eigenvalue weighted by Gasteiger charge is -2.47. The Morgan fingerprint density at radius 2 is 1.43 bits per heavy atom. The Balaban J connectivity index is 1.64. The first-order chi connectivity index (χ1) is 16.1. The van der Waals surface area contributed by atoms with Crippen LogP contribution in [-0.2, 0) is 0 Å². The maximum Gasteiger partial charge on any atom is 0.380 e. The lowest BCUT2D eigenvalue weighted by molar-refractivity contribution is -0.258. The van der Waals surface area contributed by atoms with Crippen molar-refractivity contribution in [2.45, 2.75) is 66.6 Å². The van der Waals surface area contributed by atoms with Crippen LogP contribution in [0, 0.1) is 13.8 Å². The molecule has 35 heavy (non-hydrogen) atoms. The molecule has 0 amide bonds. The summed E-state index contributed by atoms with van der Waals surface area (Å²) in [5.41, 5.74) is -2.36. The number of hydrogen-bond acceptors (Lipinski definition) is 4. The van der Waals surface area contributed by atoms with Gasteiger partial charge in [-0.05, 0) is 75.6 Å². The van der Waals surface area contributed by atoms with E-state index in [1.807, 2.05) is 38.1 Å². The first-order valence-corrected chi connectivity index (χ1v) is 14.3. The van der Waals surface area contributed by atoms with Crippen LogP contribution in [0.1, 0.15) is 45.0 Å². The first kappa shape index (κ1) is 24.2. The minimum absolute atomic E-state index is 0.0335. The molecule has 6 rings (SSSR count). The molecule has 2 aliphatic heterocycles. The highest BCUT2D eigenvalue weighted by molar-refractivity contribution is 8.12. The summed E-state index contributed by atoms with van der Waals surface area (Å²) in [5.74, 6) is -15.4. The van der Waals surface area contributed by atoms with Crippen LogP contribution in [0.15, 0.2) is 52.6 Å². The molecule has 3 atom stereocenters. The average Bonchev–Trinajstić information content (AvgIpc) is 3.53. The standard InChI is InChI=1S/C25H20F6S4/c1-11-5-7-15(32-11)17-9-13-19-20(24(28,29)25(30,31)23(19,26)27)14-10-18(16-8-6-12(2)33-16)35-22(14,4)21(13,3)34-17/h5-9,18H,10H2,1-4H3. The summed E-state index contributed by atoms with van der Waals surface area (Å²) in [4.78, 5) is 4.46. The van der Waals surface area contributed by atoms with Gasteiger partial charge < -0.3 is 0 Å². The van der Waals surface area contributed by atoms with Crippen molar-refractivity contribution in [2.24, 2.45) is 0 Å². The summed E-state index contributed by atoms with van der Waals surface area (Å²) in [6.07, 6.45) is 1.50. The van der Waals surface area contributed by atoms with E-state index in [2.05, 4.69) is 0 Å². The van der Waals surface area contributed by atoms with E-state index < -0.39 is 38.4 Å². The van der Waals surface area contributed by atoms with E-state index in [-0.39, 0.29) is 22.8 Å². The molecule has 2 aromatic heterocycles. The van der Waals surface area contributed by atoms with Crippen molar-refractivity contribution in [1.82, 2.24) is 0 Å². The highest BCUT2D eigenvalue weighted by atomic mass is 32.2. The van der Waals surface area contributed by atoms with Crippen molar-refractivity contribution in [3.8, 4) is 0 Å². The number of thiophene rings is 2. The topological polar surface area (TPSA) is 0 Å². The van der Waals surface area contributed by atoms with Crippen LogP contribution in [-0.4, -0.2) is 27.3 Å². The zero-order chi connectivity index (χ0) is 25.3. The molecule has 2 aromatic rings. The zero-order valence-corrected chi connectivity index (χ0v) is 22.3. The Bertz CT molecular complexity index is 1370. The second-order valence-corrected chi connectivity index (χ2v) is 15.4. The van der Waals surface area contributed by atoms with E-state index in [0.29, 0.717) is 4.91 Å². The molecule has 4 aliphatic rings. The van der Waals surface area contributed by atoms with Crippen LogP contribution in [0.3, 0.4) is 0 Å². The second kappa shape index (κ2) is 7.05. The normalized spacial score (nSPS) is 34.2. The summed E-state index contributed by atoms with van der Waals surface area (Å²) in [6.45, 7) is 7.37. The maximum absolute atomic E-state index is 15.3. The Kier molecular flexibility index (Phi) is 4.89. The molecule has 2 fully saturated rings. The van der Waals surface area contributed by atoms with Gasteiger partial charge in [0.15, 0.2) is 0 Å². The quantitative estimate of drug-likeness (QED) is 0.335. The third-order valence-corrected chi connectivity index (χ3v) is 13.6. The fourth-order valence-electron chi connectivity index (χ4n) is 5.70. The third kappa shape index (κ3) is 2.80. The SMILES string of the molecule is Cc1ccc(C2=CC3=C4C(=C5CC(c6ccc(C)s6)SC5(C)C3(C)S2)C(F)(F)C(F)(F)C4(F)F)s1. The van der Waals surface area contributed by atoms with Crippen LogP contribution in [0.2, 0.25) is 0 Å². The van der Waals surface area contributed by atoms with E-state index in [1.54, 1.807) is 13.8 Å². The van der Waals surface area contributed by atoms with Crippen molar-refractivity contribution >= 4 is 51.1 Å².